The number of hydrogen-bond acceptors (Lipinski definition) is 5. The maximum absolute atomic E-state index is 12.4. The number of nitrogens with one attached hydrogen (secondary N) is 3. The Morgan fingerprint density at radius 2 is 1.86 bits per heavy atom. The first-order valence-corrected chi connectivity index (χ1v) is 11.5. The number of benzene rings is 3. The molecule has 8 heteroatoms. The lowest BCUT2D eigenvalue weighted by Crippen LogP contribution is -2.12. The minimum absolute atomic E-state index is 0.0283. The van der Waals surface area contributed by atoms with Gasteiger partial charge in [-0.05, 0) is 73.4 Å². The first kappa shape index (κ1) is 22.9. The number of H-pyrrole nitrogens is 2. The smallest absolute Gasteiger partial charge is 0.276 e. The van der Waals surface area contributed by atoms with Crippen LogP contribution in [0.2, 0.25) is 0 Å². The molecule has 0 aliphatic heterocycles. The van der Waals surface area contributed by atoms with Crippen LogP contribution in [-0.2, 0) is 6.42 Å². The Hall–Kier alpha value is -4.85. The predicted molar refractivity (Wildman–Crippen MR) is 141 cm³/mol. The van der Waals surface area contributed by atoms with Crippen LogP contribution in [-0.4, -0.2) is 37.5 Å². The van der Waals surface area contributed by atoms with Crippen molar-refractivity contribution in [1.82, 2.24) is 15.2 Å². The van der Waals surface area contributed by atoms with Gasteiger partial charge in [0.25, 0.3) is 5.91 Å². The van der Waals surface area contributed by atoms with Gasteiger partial charge in [-0.2, -0.15) is 5.10 Å². The quantitative estimate of drug-likeness (QED) is 0.206. The summed E-state index contributed by atoms with van der Waals surface area (Å²) in [4.78, 5) is 19.8. The Labute approximate surface area is 207 Å². The second-order valence-electron chi connectivity index (χ2n) is 8.76. The minimum atomic E-state index is -0.272. The highest BCUT2D eigenvalue weighted by Crippen LogP contribution is 2.29. The van der Waals surface area contributed by atoms with Crippen LogP contribution in [0.3, 0.4) is 0 Å². The summed E-state index contributed by atoms with van der Waals surface area (Å²) in [5.74, 6) is -0.0694. The first-order valence-electron chi connectivity index (χ1n) is 11.5. The molecular weight excluding hydrogens is 454 g/mol. The summed E-state index contributed by atoms with van der Waals surface area (Å²) in [6, 6.07) is 20.5. The number of nitrogens with zero attached hydrogens (tertiary/aromatic N) is 2. The van der Waals surface area contributed by atoms with E-state index >= 15 is 0 Å². The molecule has 0 unspecified atom stereocenters. The highest BCUT2D eigenvalue weighted by molar-refractivity contribution is 6.03. The average molecular weight is 480 g/mol. The summed E-state index contributed by atoms with van der Waals surface area (Å²) < 4.78 is 0. The monoisotopic (exact) mass is 479 g/mol. The molecule has 5 N–H and O–H groups in total. The van der Waals surface area contributed by atoms with E-state index in [0.29, 0.717) is 29.1 Å². The van der Waals surface area contributed by atoms with Crippen molar-refractivity contribution in [2.75, 3.05) is 5.32 Å². The number of hydrogen-bond donors (Lipinski definition) is 5. The Balaban J connectivity index is 1.37. The number of phenols is 1. The molecule has 0 radical (unpaired) electrons. The summed E-state index contributed by atoms with van der Waals surface area (Å²) in [7, 11) is 0. The molecule has 0 atom stereocenters. The zero-order valence-corrected chi connectivity index (χ0v) is 19.8. The third kappa shape index (κ3) is 4.83. The molecule has 0 fully saturated rings. The molecule has 8 nitrogen and oxygen atoms in total. The zero-order valence-electron chi connectivity index (χ0n) is 19.8. The van der Waals surface area contributed by atoms with Crippen LogP contribution in [0.5, 0.6) is 11.6 Å². The molecule has 0 spiro atoms. The standard InChI is InChI=1S/C28H25N5O3/c1-16-6-8-20(14-26(16)34)29-15-23-22-13-19(7-9-24(22)31-27(23)35)11-18-4-3-5-21(12-18)30-28(36)25-10-17(2)32-33-25/h3-10,12-15,31,34-35H,11H2,1-2H3,(H,30,36)(H,32,33). The number of aromatic nitrogens is 3. The van der Waals surface area contributed by atoms with Gasteiger partial charge in [0.2, 0.25) is 0 Å². The van der Waals surface area contributed by atoms with Crippen molar-refractivity contribution < 1.29 is 15.0 Å². The number of amides is 1. The van der Waals surface area contributed by atoms with Crippen molar-refractivity contribution in [3.05, 3.63) is 100 Å². The van der Waals surface area contributed by atoms with Crippen LogP contribution >= 0.6 is 0 Å². The summed E-state index contributed by atoms with van der Waals surface area (Å²) in [6.45, 7) is 3.66. The highest BCUT2D eigenvalue weighted by Gasteiger charge is 2.12. The van der Waals surface area contributed by atoms with Gasteiger partial charge >= 0.3 is 0 Å². The third-order valence-corrected chi connectivity index (χ3v) is 5.95. The van der Waals surface area contributed by atoms with Crippen molar-refractivity contribution in [1.29, 1.82) is 0 Å². The summed E-state index contributed by atoms with van der Waals surface area (Å²) in [5.41, 5.74) is 6.63. The SMILES string of the molecule is Cc1cc(C(=O)Nc2cccc(Cc3ccc4[nH]c(O)c(C=Nc5ccc(C)c(O)c5)c4c3)c2)n[nH]1. The van der Waals surface area contributed by atoms with Crippen LogP contribution in [0.1, 0.15) is 38.4 Å². The van der Waals surface area contributed by atoms with Gasteiger partial charge in [0, 0.05) is 34.6 Å². The Morgan fingerprint density at radius 1 is 1.03 bits per heavy atom. The number of fused-ring (bicyclic) bond motifs is 1. The zero-order chi connectivity index (χ0) is 25.2. The van der Waals surface area contributed by atoms with Crippen LogP contribution in [0, 0.1) is 13.8 Å². The first-order chi connectivity index (χ1) is 17.4. The number of aromatic hydroxyl groups is 2. The molecule has 0 aliphatic carbocycles. The fraction of sp³-hybridized carbons (Fsp3) is 0.107. The summed E-state index contributed by atoms with van der Waals surface area (Å²) >= 11 is 0. The third-order valence-electron chi connectivity index (χ3n) is 5.95. The largest absolute Gasteiger partial charge is 0.508 e. The number of anilines is 1. The van der Waals surface area contributed by atoms with Gasteiger partial charge in [-0.3, -0.25) is 14.9 Å². The lowest BCUT2D eigenvalue weighted by atomic mass is 10.0. The number of carbonyl (C=O) groups is 1. The Bertz CT molecular complexity index is 1610. The second-order valence-corrected chi connectivity index (χ2v) is 8.76. The van der Waals surface area contributed by atoms with E-state index in [1.807, 2.05) is 62.4 Å². The Kier molecular flexibility index (Phi) is 6.00. The van der Waals surface area contributed by atoms with E-state index in [0.717, 1.165) is 33.3 Å². The normalized spacial score (nSPS) is 11.4. The minimum Gasteiger partial charge on any atom is -0.508 e. The number of rotatable bonds is 6. The van der Waals surface area contributed by atoms with E-state index in [1.54, 1.807) is 24.4 Å². The molecule has 5 rings (SSSR count). The highest BCUT2D eigenvalue weighted by atomic mass is 16.3. The van der Waals surface area contributed by atoms with E-state index in [2.05, 4.69) is 25.5 Å². The molecule has 0 saturated carbocycles. The lowest BCUT2D eigenvalue weighted by molar-refractivity contribution is 0.102. The molecule has 0 saturated heterocycles. The van der Waals surface area contributed by atoms with Gasteiger partial charge < -0.3 is 20.5 Å². The number of aromatic amines is 2. The average Bonchev–Trinajstić information content (AvgIpc) is 3.42. The van der Waals surface area contributed by atoms with Gasteiger partial charge in [0.15, 0.2) is 11.6 Å². The van der Waals surface area contributed by atoms with Gasteiger partial charge in [0.05, 0.1) is 11.3 Å². The van der Waals surface area contributed by atoms with E-state index in [9.17, 15) is 15.0 Å². The fourth-order valence-electron chi connectivity index (χ4n) is 4.03. The van der Waals surface area contributed by atoms with Crippen molar-refractivity contribution in [3.8, 4) is 11.6 Å². The molecule has 0 bridgehead atoms. The lowest BCUT2D eigenvalue weighted by Gasteiger charge is -2.07. The molecule has 1 amide bonds. The van der Waals surface area contributed by atoms with Crippen molar-refractivity contribution in [2.45, 2.75) is 20.3 Å². The summed E-state index contributed by atoms with van der Waals surface area (Å²) in [6.07, 6.45) is 2.23. The molecule has 2 heterocycles. The molecule has 3 aromatic carbocycles. The van der Waals surface area contributed by atoms with Crippen LogP contribution in [0.15, 0.2) is 71.7 Å². The molecular formula is C28H25N5O3. The van der Waals surface area contributed by atoms with E-state index < -0.39 is 0 Å². The number of aliphatic imine (C=N–C) groups is 1. The van der Waals surface area contributed by atoms with E-state index in [1.165, 1.54) is 0 Å². The molecule has 180 valence electrons. The molecule has 0 aliphatic rings. The second kappa shape index (κ2) is 9.42. The number of aryl methyl sites for hydroxylation is 2. The van der Waals surface area contributed by atoms with Gasteiger partial charge in [-0.15, -0.1) is 0 Å². The van der Waals surface area contributed by atoms with Crippen LogP contribution < -0.4 is 5.32 Å². The van der Waals surface area contributed by atoms with Gasteiger partial charge in [-0.1, -0.05) is 24.3 Å². The predicted octanol–water partition coefficient (Wildman–Crippen LogP) is 5.51. The van der Waals surface area contributed by atoms with E-state index in [4.69, 9.17) is 0 Å². The maximum Gasteiger partial charge on any atom is 0.276 e. The topological polar surface area (TPSA) is 126 Å². The summed E-state index contributed by atoms with van der Waals surface area (Å²) in [5, 5.41) is 30.9. The molecule has 2 aromatic heterocycles. The van der Waals surface area contributed by atoms with Gasteiger partial charge in [0.1, 0.15) is 5.75 Å². The van der Waals surface area contributed by atoms with Crippen molar-refractivity contribution in [2.24, 2.45) is 4.99 Å². The van der Waals surface area contributed by atoms with Gasteiger partial charge in [-0.25, -0.2) is 0 Å². The van der Waals surface area contributed by atoms with E-state index in [-0.39, 0.29) is 17.5 Å². The molecule has 36 heavy (non-hydrogen) atoms. The van der Waals surface area contributed by atoms with Crippen molar-refractivity contribution >= 4 is 34.4 Å². The number of carbonyl (C=O) groups excluding carboxylic acids is 1. The van der Waals surface area contributed by atoms with Crippen molar-refractivity contribution in [3.63, 3.8) is 0 Å². The van der Waals surface area contributed by atoms with Crippen LogP contribution in [0.25, 0.3) is 10.9 Å². The Morgan fingerprint density at radius 3 is 2.64 bits per heavy atom. The maximum atomic E-state index is 12.4. The fourth-order valence-corrected chi connectivity index (χ4v) is 4.03. The molecule has 5 aromatic rings. The van der Waals surface area contributed by atoms with Crippen LogP contribution in [0.4, 0.5) is 11.4 Å². The number of phenolic OH excluding ortho intramolecular Hbond substituents is 1.